The van der Waals surface area contributed by atoms with E-state index in [2.05, 4.69) is 4.98 Å². The Morgan fingerprint density at radius 3 is 2.33 bits per heavy atom. The Hall–Kier alpha value is -3.06. The second-order valence-electron chi connectivity index (χ2n) is 11.8. The van der Waals surface area contributed by atoms with E-state index in [4.69, 9.17) is 16.3 Å². The van der Waals surface area contributed by atoms with Crippen LogP contribution in [0.15, 0.2) is 27.9 Å². The van der Waals surface area contributed by atoms with Gasteiger partial charge in [0.1, 0.15) is 23.1 Å². The molecule has 43 heavy (non-hydrogen) atoms. The van der Waals surface area contributed by atoms with Gasteiger partial charge in [-0.05, 0) is 58.9 Å². The van der Waals surface area contributed by atoms with Crippen molar-refractivity contribution >= 4 is 46.2 Å². The van der Waals surface area contributed by atoms with Crippen molar-refractivity contribution in [2.75, 3.05) is 23.7 Å². The average molecular weight is 645 g/mol. The number of aryl methyl sites for hydroxylation is 1. The third-order valence-corrected chi connectivity index (χ3v) is 8.85. The van der Waals surface area contributed by atoms with Crippen molar-refractivity contribution < 1.29 is 31.5 Å². The molecule has 2 aliphatic heterocycles. The van der Waals surface area contributed by atoms with E-state index < -0.39 is 69.0 Å². The largest absolute Gasteiger partial charge is 0.444 e. The number of halogens is 6. The van der Waals surface area contributed by atoms with Gasteiger partial charge in [-0.15, -0.1) is 11.8 Å². The molecule has 2 unspecified atom stereocenters. The molecule has 3 heterocycles. The summed E-state index contributed by atoms with van der Waals surface area (Å²) in [5.74, 6) is -1.93. The molecule has 1 fully saturated rings. The number of alkyl halides is 3. The van der Waals surface area contributed by atoms with Crippen molar-refractivity contribution in [3.63, 3.8) is 0 Å². The van der Waals surface area contributed by atoms with E-state index in [1.807, 2.05) is 0 Å². The molecule has 2 atom stereocenters. The molecule has 5 rings (SSSR count). The highest BCUT2D eigenvalue weighted by atomic mass is 35.5. The number of thioether (sulfide) groups is 1. The first kappa shape index (κ1) is 31.4. The number of carbonyl (C=O) groups excluding carboxylic acids is 1. The van der Waals surface area contributed by atoms with Gasteiger partial charge >= 0.3 is 18.0 Å². The zero-order chi connectivity index (χ0) is 31.6. The lowest BCUT2D eigenvalue weighted by Gasteiger charge is -2.45. The second-order valence-corrected chi connectivity index (χ2v) is 13.3. The minimum Gasteiger partial charge on any atom is -0.444 e. The molecule has 0 aliphatic carbocycles. The van der Waals surface area contributed by atoms with Crippen LogP contribution in [0.1, 0.15) is 46.6 Å². The van der Waals surface area contributed by atoms with Crippen molar-refractivity contribution in [1.29, 1.82) is 0 Å². The van der Waals surface area contributed by atoms with Gasteiger partial charge in [0.25, 0.3) is 0 Å². The molecule has 2 aliphatic rings. The maximum absolute atomic E-state index is 15.2. The molecule has 1 aromatic heterocycles. The molecule has 232 valence electrons. The Morgan fingerprint density at radius 2 is 1.72 bits per heavy atom. The smallest absolute Gasteiger partial charge is 0.417 e. The van der Waals surface area contributed by atoms with Gasteiger partial charge in [-0.1, -0.05) is 11.6 Å². The van der Waals surface area contributed by atoms with Crippen LogP contribution >= 0.6 is 23.4 Å². The molecule has 7 nitrogen and oxygen atoms in total. The molecule has 0 N–H and O–H groups in total. The summed E-state index contributed by atoms with van der Waals surface area (Å²) in [4.78, 5) is 33.9. The number of carbonyl (C=O) groups is 1. The first-order valence-corrected chi connectivity index (χ1v) is 15.1. The standard InChI is InChI=1S/C29H30ClF5N4O3S/c1-14-12-37(13-15(2)39(14)27(41)42-28(3,4)5)25-17-9-18(29(33,34)35)22(16-10-19(30)21(32)11-20(16)31)24-23(17)38(26(40)36-25)7-6-8-43-24/h9-11,14-15H,6-8,12-13H2,1-5H3. The van der Waals surface area contributed by atoms with Gasteiger partial charge in [0, 0.05) is 47.1 Å². The highest BCUT2D eigenvalue weighted by Gasteiger charge is 2.40. The van der Waals surface area contributed by atoms with E-state index in [1.54, 1.807) is 44.4 Å². The van der Waals surface area contributed by atoms with Crippen molar-refractivity contribution in [2.45, 2.75) is 76.3 Å². The number of ether oxygens (including phenoxy) is 1. The lowest BCUT2D eigenvalue weighted by molar-refractivity contribution is -0.137. The monoisotopic (exact) mass is 644 g/mol. The topological polar surface area (TPSA) is 67.7 Å². The Labute approximate surface area is 253 Å². The molecule has 0 spiro atoms. The molecular weight excluding hydrogens is 615 g/mol. The van der Waals surface area contributed by atoms with Gasteiger partial charge in [-0.3, -0.25) is 9.47 Å². The van der Waals surface area contributed by atoms with Gasteiger partial charge in [-0.2, -0.15) is 18.2 Å². The zero-order valence-corrected chi connectivity index (χ0v) is 25.7. The van der Waals surface area contributed by atoms with E-state index in [0.29, 0.717) is 18.2 Å². The van der Waals surface area contributed by atoms with Gasteiger partial charge in [0.2, 0.25) is 0 Å². The molecule has 2 aromatic carbocycles. The number of anilines is 1. The summed E-state index contributed by atoms with van der Waals surface area (Å²) in [7, 11) is 0. The summed E-state index contributed by atoms with van der Waals surface area (Å²) in [6.07, 6.45) is -5.02. The molecule has 14 heteroatoms. The number of piperazine rings is 1. The molecule has 0 bridgehead atoms. The fraction of sp³-hybridized carbons (Fsp3) is 0.483. The number of amides is 1. The minimum atomic E-state index is -4.95. The Bertz CT molecular complexity index is 1660. The average Bonchev–Trinajstić information content (AvgIpc) is 3.10. The quantitative estimate of drug-likeness (QED) is 0.215. The van der Waals surface area contributed by atoms with Crippen LogP contribution in [0.2, 0.25) is 5.02 Å². The summed E-state index contributed by atoms with van der Waals surface area (Å²) in [6, 6.07) is 1.31. The first-order valence-electron chi connectivity index (χ1n) is 13.7. The third kappa shape index (κ3) is 5.90. The van der Waals surface area contributed by atoms with E-state index in [1.165, 1.54) is 4.57 Å². The highest BCUT2D eigenvalue weighted by Crippen LogP contribution is 2.49. The second kappa shape index (κ2) is 11.1. The van der Waals surface area contributed by atoms with Crippen LogP contribution < -0.4 is 10.6 Å². The Kier molecular flexibility index (Phi) is 8.12. The van der Waals surface area contributed by atoms with E-state index in [9.17, 15) is 27.2 Å². The Balaban J connectivity index is 1.74. The number of aromatic nitrogens is 2. The normalized spacial score (nSPS) is 19.5. The molecule has 1 saturated heterocycles. The lowest BCUT2D eigenvalue weighted by atomic mass is 9.95. The molecule has 0 radical (unpaired) electrons. The molecule has 0 saturated carbocycles. The van der Waals surface area contributed by atoms with E-state index >= 15 is 4.39 Å². The molecular formula is C29H30ClF5N4O3S. The predicted molar refractivity (Wildman–Crippen MR) is 156 cm³/mol. The van der Waals surface area contributed by atoms with Gasteiger partial charge in [0.15, 0.2) is 0 Å². The summed E-state index contributed by atoms with van der Waals surface area (Å²) in [6.45, 7) is 9.36. The van der Waals surface area contributed by atoms with Crippen molar-refractivity contribution in [1.82, 2.24) is 14.5 Å². The predicted octanol–water partition coefficient (Wildman–Crippen LogP) is 7.34. The van der Waals surface area contributed by atoms with Crippen molar-refractivity contribution in [3.8, 4) is 11.1 Å². The van der Waals surface area contributed by atoms with Crippen LogP contribution in [0.25, 0.3) is 22.0 Å². The van der Waals surface area contributed by atoms with Crippen molar-refractivity contribution in [2.24, 2.45) is 0 Å². The number of nitrogens with zero attached hydrogens (tertiary/aromatic N) is 4. The maximum Gasteiger partial charge on any atom is 0.417 e. The summed E-state index contributed by atoms with van der Waals surface area (Å²) >= 11 is 6.97. The van der Waals surface area contributed by atoms with Crippen molar-refractivity contribution in [3.05, 3.63) is 50.9 Å². The zero-order valence-electron chi connectivity index (χ0n) is 24.1. The lowest BCUT2D eigenvalue weighted by Crippen LogP contribution is -2.59. The fourth-order valence-corrected chi connectivity index (χ4v) is 7.12. The summed E-state index contributed by atoms with van der Waals surface area (Å²) in [5.41, 5.74) is -3.38. The summed E-state index contributed by atoms with van der Waals surface area (Å²) in [5, 5.41) is -0.465. The number of benzene rings is 2. The number of hydrogen-bond acceptors (Lipinski definition) is 6. The molecule has 1 amide bonds. The van der Waals surface area contributed by atoms with Crippen LogP contribution in [0.5, 0.6) is 0 Å². The third-order valence-electron chi connectivity index (χ3n) is 7.38. The van der Waals surface area contributed by atoms with E-state index in [0.717, 1.165) is 23.9 Å². The highest BCUT2D eigenvalue weighted by molar-refractivity contribution is 7.99. The van der Waals surface area contributed by atoms with Crippen LogP contribution in [-0.4, -0.2) is 57.1 Å². The van der Waals surface area contributed by atoms with Gasteiger partial charge in [-0.25, -0.2) is 18.4 Å². The van der Waals surface area contributed by atoms with Gasteiger partial charge in [0.05, 0.1) is 28.2 Å². The van der Waals surface area contributed by atoms with Gasteiger partial charge < -0.3 is 9.64 Å². The van der Waals surface area contributed by atoms with Crippen LogP contribution in [0, 0.1) is 11.6 Å². The Morgan fingerprint density at radius 1 is 1.07 bits per heavy atom. The SMILES string of the molecule is CC1CN(c2nc(=O)n3c4c(c(-c5cc(Cl)c(F)cc5F)c(C(F)(F)F)cc24)SCCC3)CC(C)N1C(=O)OC(C)(C)C. The number of rotatable bonds is 2. The van der Waals surface area contributed by atoms with E-state index in [-0.39, 0.29) is 41.3 Å². The number of hydrogen-bond donors (Lipinski definition) is 0. The fourth-order valence-electron chi connectivity index (χ4n) is 5.75. The maximum atomic E-state index is 15.2. The van der Waals surface area contributed by atoms with Crippen LogP contribution in [-0.2, 0) is 17.5 Å². The molecule has 3 aromatic rings. The van der Waals surface area contributed by atoms with Crippen LogP contribution in [0.4, 0.5) is 32.6 Å². The van der Waals surface area contributed by atoms with Crippen LogP contribution in [0.3, 0.4) is 0 Å². The summed E-state index contributed by atoms with van der Waals surface area (Å²) < 4.78 is 80.3. The minimum absolute atomic E-state index is 0.0391. The first-order chi connectivity index (χ1) is 20.0.